The summed E-state index contributed by atoms with van der Waals surface area (Å²) in [5.74, 6) is 0. The largest absolute Gasteiger partial charge is 0.307 e. The summed E-state index contributed by atoms with van der Waals surface area (Å²) < 4.78 is 0. The first-order valence-corrected chi connectivity index (χ1v) is 6.66. The lowest BCUT2D eigenvalue weighted by Gasteiger charge is -2.17. The van der Waals surface area contributed by atoms with Crippen molar-refractivity contribution in [1.29, 1.82) is 0 Å². The van der Waals surface area contributed by atoms with Crippen LogP contribution >= 0.6 is 11.3 Å². The standard InChI is InChI=1S/C14H18N2S/c1-9-7-11(3)12(16-8-9)13(15-4)14-10(2)5-6-17-14/h5-8,13,15H,1-4H3. The van der Waals surface area contributed by atoms with Crippen molar-refractivity contribution < 1.29 is 0 Å². The Kier molecular flexibility index (Phi) is 3.60. The predicted octanol–water partition coefficient (Wildman–Crippen LogP) is 3.38. The molecule has 0 spiro atoms. The maximum absolute atomic E-state index is 4.59. The fourth-order valence-electron chi connectivity index (χ4n) is 2.10. The Labute approximate surface area is 107 Å². The van der Waals surface area contributed by atoms with Crippen molar-refractivity contribution in [2.75, 3.05) is 7.05 Å². The van der Waals surface area contributed by atoms with Gasteiger partial charge in [-0.3, -0.25) is 4.98 Å². The van der Waals surface area contributed by atoms with Crippen LogP contribution in [0.2, 0.25) is 0 Å². The van der Waals surface area contributed by atoms with Gasteiger partial charge in [-0.1, -0.05) is 6.07 Å². The van der Waals surface area contributed by atoms with E-state index < -0.39 is 0 Å². The molecule has 0 aliphatic heterocycles. The summed E-state index contributed by atoms with van der Waals surface area (Å²) in [6, 6.07) is 4.55. The summed E-state index contributed by atoms with van der Waals surface area (Å²) >= 11 is 1.79. The molecule has 2 aromatic rings. The minimum atomic E-state index is 0.204. The summed E-state index contributed by atoms with van der Waals surface area (Å²) in [6.07, 6.45) is 1.94. The maximum atomic E-state index is 4.59. The molecule has 0 aliphatic rings. The van der Waals surface area contributed by atoms with Gasteiger partial charge >= 0.3 is 0 Å². The highest BCUT2D eigenvalue weighted by Gasteiger charge is 2.18. The topological polar surface area (TPSA) is 24.9 Å². The van der Waals surface area contributed by atoms with E-state index in [9.17, 15) is 0 Å². The number of aromatic nitrogens is 1. The number of hydrogen-bond acceptors (Lipinski definition) is 3. The molecular formula is C14H18N2S. The van der Waals surface area contributed by atoms with Crippen molar-refractivity contribution in [3.8, 4) is 0 Å². The summed E-state index contributed by atoms with van der Waals surface area (Å²) in [4.78, 5) is 5.94. The third-order valence-corrected chi connectivity index (χ3v) is 4.07. The number of thiophene rings is 1. The van der Waals surface area contributed by atoms with E-state index >= 15 is 0 Å². The first kappa shape index (κ1) is 12.3. The van der Waals surface area contributed by atoms with Gasteiger partial charge in [0, 0.05) is 11.1 Å². The molecule has 2 heterocycles. The molecule has 2 nitrogen and oxygen atoms in total. The van der Waals surface area contributed by atoms with Crippen molar-refractivity contribution >= 4 is 11.3 Å². The second kappa shape index (κ2) is 4.98. The Balaban J connectivity index is 2.46. The van der Waals surface area contributed by atoms with Crippen LogP contribution in [0.4, 0.5) is 0 Å². The van der Waals surface area contributed by atoms with E-state index in [0.717, 1.165) is 5.69 Å². The van der Waals surface area contributed by atoms with Gasteiger partial charge in [-0.05, 0) is 56.0 Å². The molecule has 0 radical (unpaired) electrons. The lowest BCUT2D eigenvalue weighted by atomic mass is 10.0. The third-order valence-electron chi connectivity index (χ3n) is 2.98. The number of nitrogens with zero attached hydrogens (tertiary/aromatic N) is 1. The molecule has 90 valence electrons. The van der Waals surface area contributed by atoms with Crippen LogP contribution < -0.4 is 5.32 Å². The van der Waals surface area contributed by atoms with E-state index in [4.69, 9.17) is 0 Å². The zero-order chi connectivity index (χ0) is 12.4. The second-order valence-electron chi connectivity index (χ2n) is 4.40. The Morgan fingerprint density at radius 3 is 2.53 bits per heavy atom. The molecular weight excluding hydrogens is 228 g/mol. The number of pyridine rings is 1. The fraction of sp³-hybridized carbons (Fsp3) is 0.357. The van der Waals surface area contributed by atoms with Crippen LogP contribution in [0.25, 0.3) is 0 Å². The van der Waals surface area contributed by atoms with Crippen LogP contribution in [-0.4, -0.2) is 12.0 Å². The van der Waals surface area contributed by atoms with E-state index in [1.807, 2.05) is 13.2 Å². The summed E-state index contributed by atoms with van der Waals surface area (Å²) in [6.45, 7) is 6.36. The van der Waals surface area contributed by atoms with Gasteiger partial charge < -0.3 is 5.32 Å². The Bertz CT molecular complexity index is 517. The first-order chi connectivity index (χ1) is 8.13. The average molecular weight is 246 g/mol. The normalized spacial score (nSPS) is 12.7. The highest BCUT2D eigenvalue weighted by atomic mass is 32.1. The van der Waals surface area contributed by atoms with Gasteiger partial charge in [-0.2, -0.15) is 0 Å². The zero-order valence-corrected chi connectivity index (χ0v) is 11.6. The van der Waals surface area contributed by atoms with E-state index in [2.05, 4.69) is 48.6 Å². The van der Waals surface area contributed by atoms with E-state index in [0.29, 0.717) is 0 Å². The molecule has 17 heavy (non-hydrogen) atoms. The fourth-order valence-corrected chi connectivity index (χ4v) is 3.14. The van der Waals surface area contributed by atoms with Gasteiger partial charge in [0.1, 0.15) is 0 Å². The molecule has 0 saturated carbocycles. The number of nitrogens with one attached hydrogen (secondary N) is 1. The summed E-state index contributed by atoms with van der Waals surface area (Å²) in [7, 11) is 1.99. The SMILES string of the molecule is CNC(c1ncc(C)cc1C)c1sccc1C. The van der Waals surface area contributed by atoms with Gasteiger partial charge in [0.05, 0.1) is 11.7 Å². The molecule has 1 atom stereocenters. The smallest absolute Gasteiger partial charge is 0.0847 e. The highest BCUT2D eigenvalue weighted by molar-refractivity contribution is 7.10. The highest BCUT2D eigenvalue weighted by Crippen LogP contribution is 2.29. The van der Waals surface area contributed by atoms with Crippen LogP contribution in [0.1, 0.15) is 33.3 Å². The molecule has 0 fully saturated rings. The Morgan fingerprint density at radius 2 is 2.00 bits per heavy atom. The molecule has 0 aromatic carbocycles. The number of hydrogen-bond donors (Lipinski definition) is 1. The van der Waals surface area contributed by atoms with Crippen molar-refractivity contribution in [1.82, 2.24) is 10.3 Å². The molecule has 2 aromatic heterocycles. The molecule has 1 unspecified atom stereocenters. The monoisotopic (exact) mass is 246 g/mol. The van der Waals surface area contributed by atoms with Gasteiger partial charge in [-0.25, -0.2) is 0 Å². The summed E-state index contributed by atoms with van der Waals surface area (Å²) in [5.41, 5.74) is 4.92. The average Bonchev–Trinajstić information content (AvgIpc) is 2.69. The van der Waals surface area contributed by atoms with Gasteiger partial charge in [0.2, 0.25) is 0 Å². The molecule has 0 amide bonds. The Morgan fingerprint density at radius 1 is 1.24 bits per heavy atom. The van der Waals surface area contributed by atoms with Gasteiger partial charge in [-0.15, -0.1) is 11.3 Å². The second-order valence-corrected chi connectivity index (χ2v) is 5.35. The summed E-state index contributed by atoms with van der Waals surface area (Å²) in [5, 5.41) is 5.51. The Hall–Kier alpha value is -1.19. The van der Waals surface area contributed by atoms with Crippen LogP contribution in [0.3, 0.4) is 0 Å². The van der Waals surface area contributed by atoms with Crippen molar-refractivity contribution in [3.05, 3.63) is 51.0 Å². The van der Waals surface area contributed by atoms with Crippen LogP contribution in [0.15, 0.2) is 23.7 Å². The first-order valence-electron chi connectivity index (χ1n) is 5.78. The van der Waals surface area contributed by atoms with E-state index in [1.54, 1.807) is 11.3 Å². The van der Waals surface area contributed by atoms with Gasteiger partial charge in [0.15, 0.2) is 0 Å². The number of aryl methyl sites for hydroxylation is 3. The quantitative estimate of drug-likeness (QED) is 0.898. The lowest BCUT2D eigenvalue weighted by molar-refractivity contribution is 0.673. The maximum Gasteiger partial charge on any atom is 0.0847 e. The third kappa shape index (κ3) is 2.40. The number of rotatable bonds is 3. The van der Waals surface area contributed by atoms with Gasteiger partial charge in [0.25, 0.3) is 0 Å². The minimum Gasteiger partial charge on any atom is -0.307 e. The van der Waals surface area contributed by atoms with Crippen LogP contribution in [0, 0.1) is 20.8 Å². The molecule has 2 rings (SSSR count). The van der Waals surface area contributed by atoms with Crippen molar-refractivity contribution in [2.45, 2.75) is 26.8 Å². The van der Waals surface area contributed by atoms with E-state index in [-0.39, 0.29) is 6.04 Å². The molecule has 0 bridgehead atoms. The molecule has 3 heteroatoms. The van der Waals surface area contributed by atoms with Crippen molar-refractivity contribution in [3.63, 3.8) is 0 Å². The lowest BCUT2D eigenvalue weighted by Crippen LogP contribution is -2.19. The molecule has 0 aliphatic carbocycles. The molecule has 0 saturated heterocycles. The van der Waals surface area contributed by atoms with Crippen molar-refractivity contribution in [2.24, 2.45) is 0 Å². The van der Waals surface area contributed by atoms with Crippen LogP contribution in [0.5, 0.6) is 0 Å². The molecule has 1 N–H and O–H groups in total. The minimum absolute atomic E-state index is 0.204. The van der Waals surface area contributed by atoms with E-state index in [1.165, 1.54) is 21.6 Å². The van der Waals surface area contributed by atoms with Crippen LogP contribution in [-0.2, 0) is 0 Å². The predicted molar refractivity (Wildman–Crippen MR) is 73.7 cm³/mol. The zero-order valence-electron chi connectivity index (χ0n) is 10.7.